The normalized spacial score (nSPS) is 49.1. The zero-order valence-electron chi connectivity index (χ0n) is 20.5. The van der Waals surface area contributed by atoms with Crippen molar-refractivity contribution in [1.82, 2.24) is 0 Å². The molecule has 0 aromatic heterocycles. The number of aliphatic hydroxyl groups is 3. The highest BCUT2D eigenvalue weighted by Crippen LogP contribution is 2.72. The van der Waals surface area contributed by atoms with Crippen LogP contribution >= 0.6 is 0 Å². The Balaban J connectivity index is 1.73. The minimum absolute atomic E-state index is 0.0422. The fourth-order valence-electron chi connectivity index (χ4n) is 8.19. The average Bonchev–Trinajstić information content (AvgIpc) is 3.08. The third kappa shape index (κ3) is 2.82. The molecule has 2 heterocycles. The second-order valence-electron chi connectivity index (χ2n) is 11.7. The van der Waals surface area contributed by atoms with Gasteiger partial charge in [-0.05, 0) is 31.3 Å². The van der Waals surface area contributed by atoms with Gasteiger partial charge in [0.25, 0.3) is 0 Å². The monoisotopic (exact) mass is 508 g/mol. The summed E-state index contributed by atoms with van der Waals surface area (Å²) in [6, 6.07) is 0. The number of aliphatic carboxylic acids is 1. The summed E-state index contributed by atoms with van der Waals surface area (Å²) < 4.78 is 17.2. The lowest BCUT2D eigenvalue weighted by atomic mass is 9.38. The molecule has 0 aromatic carbocycles. The Hall–Kier alpha value is -2.34. The molecular weight excluding hydrogens is 476 g/mol. The molecular formula is C25H32O11. The fourth-order valence-corrected chi connectivity index (χ4v) is 8.19. The maximum Gasteiger partial charge on any atom is 0.348 e. The Kier molecular flexibility index (Phi) is 5.51. The van der Waals surface area contributed by atoms with Gasteiger partial charge in [-0.15, -0.1) is 0 Å². The fraction of sp³-hybridized carbons (Fsp3) is 0.760. The summed E-state index contributed by atoms with van der Waals surface area (Å²) in [5.41, 5.74) is -4.64. The number of rotatable bonds is 4. The highest BCUT2D eigenvalue weighted by Gasteiger charge is 2.85. The van der Waals surface area contributed by atoms with E-state index in [2.05, 4.69) is 0 Å². The number of hydrogen-bond acceptors (Lipinski definition) is 10. The Morgan fingerprint density at radius 3 is 2.47 bits per heavy atom. The van der Waals surface area contributed by atoms with Crippen LogP contribution in [0.4, 0.5) is 0 Å². The molecule has 2 aliphatic heterocycles. The van der Waals surface area contributed by atoms with Crippen LogP contribution in [0.2, 0.25) is 0 Å². The number of fused-ring (bicyclic) bond motifs is 2. The molecule has 0 radical (unpaired) electrons. The molecule has 0 amide bonds. The van der Waals surface area contributed by atoms with Crippen molar-refractivity contribution in [1.29, 1.82) is 0 Å². The van der Waals surface area contributed by atoms with Crippen molar-refractivity contribution in [2.24, 2.45) is 34.5 Å². The molecule has 3 aliphatic carbocycles. The lowest BCUT2D eigenvalue weighted by Gasteiger charge is -2.67. The summed E-state index contributed by atoms with van der Waals surface area (Å²) in [5, 5.41) is 44.3. The Bertz CT molecular complexity index is 1070. The summed E-state index contributed by atoms with van der Waals surface area (Å²) >= 11 is 0. The van der Waals surface area contributed by atoms with Crippen molar-refractivity contribution in [3.05, 3.63) is 11.6 Å². The first-order valence-corrected chi connectivity index (χ1v) is 12.3. The number of ketones is 1. The summed E-state index contributed by atoms with van der Waals surface area (Å²) in [5.74, 6) is -7.04. The SMILES string of the molecule is CC1=CC(=O)C(O)C2(C)C1CC1OC(=O)C(OC(=O)CC(C)C)C3C4(C(=O)O)OCC13C2C(O)C4O. The zero-order valence-corrected chi connectivity index (χ0v) is 20.5. The number of carboxylic acids is 1. The van der Waals surface area contributed by atoms with Gasteiger partial charge in [0, 0.05) is 23.2 Å². The van der Waals surface area contributed by atoms with Crippen LogP contribution in [0.15, 0.2) is 11.6 Å². The van der Waals surface area contributed by atoms with Gasteiger partial charge in [0.2, 0.25) is 11.7 Å². The quantitative estimate of drug-likeness (QED) is 0.363. The first kappa shape index (κ1) is 25.3. The predicted molar refractivity (Wildman–Crippen MR) is 118 cm³/mol. The molecule has 36 heavy (non-hydrogen) atoms. The van der Waals surface area contributed by atoms with Crippen molar-refractivity contribution in [2.75, 3.05) is 6.61 Å². The van der Waals surface area contributed by atoms with E-state index in [0.29, 0.717) is 5.57 Å². The number of allylic oxidation sites excluding steroid dienone is 1. The molecule has 1 spiro atoms. The Labute approximate surface area is 207 Å². The molecule has 4 fully saturated rings. The van der Waals surface area contributed by atoms with Crippen LogP contribution < -0.4 is 0 Å². The lowest BCUT2D eigenvalue weighted by Crippen LogP contribution is -2.80. The average molecular weight is 509 g/mol. The van der Waals surface area contributed by atoms with Crippen LogP contribution in [0.3, 0.4) is 0 Å². The van der Waals surface area contributed by atoms with Crippen molar-refractivity contribution < 1.29 is 53.8 Å². The van der Waals surface area contributed by atoms with E-state index in [9.17, 15) is 39.6 Å². The minimum atomic E-state index is -2.46. The molecule has 5 aliphatic rings. The first-order valence-electron chi connectivity index (χ1n) is 12.3. The van der Waals surface area contributed by atoms with Crippen LogP contribution in [0.5, 0.6) is 0 Å². The largest absolute Gasteiger partial charge is 0.479 e. The van der Waals surface area contributed by atoms with Gasteiger partial charge in [0.05, 0.1) is 18.6 Å². The molecule has 2 saturated carbocycles. The molecule has 2 bridgehead atoms. The third-order valence-corrected chi connectivity index (χ3v) is 9.49. The van der Waals surface area contributed by atoms with Crippen molar-refractivity contribution in [2.45, 2.75) is 76.7 Å². The standard InChI is InChI=1S/C25H32O11/c1-9(2)5-14(27)36-16-18-24-8-34-25(18,22(32)33)20(30)15(28)17(24)23(4)11(7-13(24)35-21(16)31)10(3)6-12(26)19(23)29/h6,9,11,13,15-20,28-30H,5,7-8H2,1-4H3,(H,32,33). The van der Waals surface area contributed by atoms with E-state index in [1.807, 2.05) is 0 Å². The third-order valence-electron chi connectivity index (χ3n) is 9.49. The van der Waals surface area contributed by atoms with Gasteiger partial charge in [-0.3, -0.25) is 9.59 Å². The lowest BCUT2D eigenvalue weighted by molar-refractivity contribution is -0.297. The number of aliphatic hydroxyl groups excluding tert-OH is 3. The number of carboxylic acid groups (broad SMARTS) is 1. The maximum atomic E-state index is 13.3. The number of esters is 2. The van der Waals surface area contributed by atoms with Gasteiger partial charge in [0.1, 0.15) is 18.3 Å². The van der Waals surface area contributed by atoms with Gasteiger partial charge in [-0.1, -0.05) is 26.3 Å². The first-order chi connectivity index (χ1) is 16.7. The van der Waals surface area contributed by atoms with Crippen LogP contribution in [0.1, 0.15) is 40.5 Å². The molecule has 11 heteroatoms. The van der Waals surface area contributed by atoms with Gasteiger partial charge in [-0.25, -0.2) is 9.59 Å². The summed E-state index contributed by atoms with van der Waals surface area (Å²) in [4.78, 5) is 51.4. The Morgan fingerprint density at radius 2 is 1.86 bits per heavy atom. The van der Waals surface area contributed by atoms with Crippen LogP contribution in [-0.2, 0) is 33.4 Å². The van der Waals surface area contributed by atoms with Gasteiger partial charge in [0.15, 0.2) is 5.78 Å². The molecule has 11 nitrogen and oxygen atoms in total. The molecule has 11 atom stereocenters. The van der Waals surface area contributed by atoms with Crippen molar-refractivity contribution in [3.63, 3.8) is 0 Å². The highest BCUT2D eigenvalue weighted by molar-refractivity contribution is 5.96. The minimum Gasteiger partial charge on any atom is -0.479 e. The smallest absolute Gasteiger partial charge is 0.348 e. The molecule has 2 saturated heterocycles. The summed E-state index contributed by atoms with van der Waals surface area (Å²) in [7, 11) is 0. The summed E-state index contributed by atoms with van der Waals surface area (Å²) in [6.07, 6.45) is -6.61. The van der Waals surface area contributed by atoms with E-state index >= 15 is 0 Å². The van der Waals surface area contributed by atoms with E-state index in [1.165, 1.54) is 6.08 Å². The van der Waals surface area contributed by atoms with E-state index in [1.54, 1.807) is 27.7 Å². The van der Waals surface area contributed by atoms with Crippen molar-refractivity contribution >= 4 is 23.7 Å². The van der Waals surface area contributed by atoms with E-state index < -0.39 is 88.4 Å². The predicted octanol–water partition coefficient (Wildman–Crippen LogP) is -0.406. The topological polar surface area (TPSA) is 177 Å². The Morgan fingerprint density at radius 1 is 1.19 bits per heavy atom. The zero-order chi connectivity index (χ0) is 26.5. The van der Waals surface area contributed by atoms with Gasteiger partial charge >= 0.3 is 17.9 Å². The second-order valence-corrected chi connectivity index (χ2v) is 11.7. The molecule has 5 rings (SSSR count). The number of ether oxygens (including phenoxy) is 3. The second kappa shape index (κ2) is 7.83. The van der Waals surface area contributed by atoms with Crippen molar-refractivity contribution in [3.8, 4) is 0 Å². The van der Waals surface area contributed by atoms with Gasteiger partial charge < -0.3 is 34.6 Å². The molecule has 198 valence electrons. The molecule has 4 N–H and O–H groups in total. The van der Waals surface area contributed by atoms with E-state index in [0.717, 1.165) is 0 Å². The maximum absolute atomic E-state index is 13.3. The van der Waals surface area contributed by atoms with Crippen LogP contribution in [-0.4, -0.2) is 86.8 Å². The number of carbonyl (C=O) groups is 4. The number of carbonyl (C=O) groups excluding carboxylic acids is 3. The highest BCUT2D eigenvalue weighted by atomic mass is 16.6. The van der Waals surface area contributed by atoms with Crippen LogP contribution in [0.25, 0.3) is 0 Å². The number of hydrogen-bond donors (Lipinski definition) is 4. The molecule has 11 unspecified atom stereocenters. The molecule has 0 aromatic rings. The van der Waals surface area contributed by atoms with Gasteiger partial charge in [-0.2, -0.15) is 0 Å². The van der Waals surface area contributed by atoms with Crippen LogP contribution in [0, 0.1) is 34.5 Å². The summed E-state index contributed by atoms with van der Waals surface area (Å²) in [6.45, 7) is 6.54. The van der Waals surface area contributed by atoms with E-state index in [4.69, 9.17) is 14.2 Å². The van der Waals surface area contributed by atoms with E-state index in [-0.39, 0.29) is 25.4 Å².